The zero-order valence-electron chi connectivity index (χ0n) is 21.9. The third-order valence-electron chi connectivity index (χ3n) is 6.30. The summed E-state index contributed by atoms with van der Waals surface area (Å²) >= 11 is 1.42. The Kier molecular flexibility index (Phi) is 9.85. The first-order valence-corrected chi connectivity index (χ1v) is 13.1. The number of rotatable bonds is 7. The summed E-state index contributed by atoms with van der Waals surface area (Å²) in [5.74, 6) is -0.554. The van der Waals surface area contributed by atoms with Crippen LogP contribution in [0.1, 0.15) is 44.2 Å². The summed E-state index contributed by atoms with van der Waals surface area (Å²) in [6.07, 6.45) is 1.69. The Morgan fingerprint density at radius 3 is 2.14 bits per heavy atom. The summed E-state index contributed by atoms with van der Waals surface area (Å²) in [6, 6.07) is 18.8. The van der Waals surface area contributed by atoms with Crippen molar-refractivity contribution in [2.75, 3.05) is 20.3 Å². The van der Waals surface area contributed by atoms with Crippen LogP contribution in [0.2, 0.25) is 0 Å². The number of nitrogens with zero attached hydrogens (tertiary/aromatic N) is 1. The fraction of sp³-hybridized carbons (Fsp3) is 0.345. The predicted octanol–water partition coefficient (Wildman–Crippen LogP) is 5.25. The van der Waals surface area contributed by atoms with Crippen LogP contribution >= 0.6 is 11.3 Å². The molecule has 0 fully saturated rings. The van der Waals surface area contributed by atoms with Gasteiger partial charge in [-0.15, -0.1) is 11.3 Å². The molecular formula is C29H34N2O5S. The Balaban J connectivity index is 0.000000405. The maximum absolute atomic E-state index is 13.6. The summed E-state index contributed by atoms with van der Waals surface area (Å²) in [6.45, 7) is 7.80. The highest BCUT2D eigenvalue weighted by molar-refractivity contribution is 7.09. The van der Waals surface area contributed by atoms with Gasteiger partial charge in [0.25, 0.3) is 0 Å². The molecule has 0 radical (unpaired) electrons. The Morgan fingerprint density at radius 1 is 1.00 bits per heavy atom. The molecule has 1 aliphatic heterocycles. The molecule has 7 nitrogen and oxygen atoms in total. The van der Waals surface area contributed by atoms with Crippen LogP contribution in [0.25, 0.3) is 0 Å². The van der Waals surface area contributed by atoms with E-state index in [1.165, 1.54) is 11.3 Å². The van der Waals surface area contributed by atoms with Crippen molar-refractivity contribution in [1.82, 2.24) is 10.3 Å². The van der Waals surface area contributed by atoms with Gasteiger partial charge in [-0.25, -0.2) is 9.78 Å². The molecule has 1 N–H and O–H groups in total. The van der Waals surface area contributed by atoms with Gasteiger partial charge in [-0.3, -0.25) is 4.79 Å². The molecule has 0 saturated carbocycles. The van der Waals surface area contributed by atoms with Crippen molar-refractivity contribution in [3.05, 3.63) is 94.1 Å². The summed E-state index contributed by atoms with van der Waals surface area (Å²) < 4.78 is 15.9. The van der Waals surface area contributed by atoms with E-state index >= 15 is 0 Å². The van der Waals surface area contributed by atoms with Gasteiger partial charge in [0.2, 0.25) is 0 Å². The van der Waals surface area contributed by atoms with E-state index in [0.717, 1.165) is 11.3 Å². The van der Waals surface area contributed by atoms with Crippen molar-refractivity contribution >= 4 is 23.3 Å². The lowest BCUT2D eigenvalue weighted by molar-refractivity contribution is -0.153. The lowest BCUT2D eigenvalue weighted by Crippen LogP contribution is -2.60. The normalized spacial score (nSPS) is 20.7. The molecule has 8 heteroatoms. The number of esters is 2. The molecule has 1 aliphatic rings. The molecule has 1 aromatic heterocycles. The van der Waals surface area contributed by atoms with Crippen LogP contribution in [-0.4, -0.2) is 43.3 Å². The minimum atomic E-state index is -1.17. The van der Waals surface area contributed by atoms with E-state index in [-0.39, 0.29) is 25.2 Å². The number of ether oxygens (including phenoxy) is 3. The van der Waals surface area contributed by atoms with Gasteiger partial charge < -0.3 is 19.5 Å². The summed E-state index contributed by atoms with van der Waals surface area (Å²) in [5.41, 5.74) is 0.702. The van der Waals surface area contributed by atoms with E-state index in [2.05, 4.69) is 10.3 Å². The lowest BCUT2D eigenvalue weighted by atomic mass is 9.61. The van der Waals surface area contributed by atoms with E-state index in [0.29, 0.717) is 16.3 Å². The van der Waals surface area contributed by atoms with E-state index in [4.69, 9.17) is 14.2 Å². The minimum Gasteiger partial charge on any atom is -0.497 e. The van der Waals surface area contributed by atoms with Crippen LogP contribution in [0.5, 0.6) is 5.75 Å². The van der Waals surface area contributed by atoms with Crippen molar-refractivity contribution in [3.63, 3.8) is 0 Å². The van der Waals surface area contributed by atoms with E-state index in [9.17, 15) is 9.59 Å². The number of methoxy groups -OCH3 is 1. The molecule has 3 unspecified atom stereocenters. The maximum Gasteiger partial charge on any atom is 0.336 e. The van der Waals surface area contributed by atoms with Crippen LogP contribution in [-0.2, 0) is 24.5 Å². The molecule has 0 amide bonds. The molecule has 196 valence electrons. The second-order valence-electron chi connectivity index (χ2n) is 8.40. The second-order valence-corrected chi connectivity index (χ2v) is 9.33. The number of carbonyl (C=O) groups excluding carboxylic acids is 2. The summed E-state index contributed by atoms with van der Waals surface area (Å²) in [7, 11) is 1.66. The summed E-state index contributed by atoms with van der Waals surface area (Å²) in [5, 5.41) is 5.87. The molecule has 2 heterocycles. The zero-order chi connectivity index (χ0) is 26.8. The SMILES string of the molecule is CCOC(=O)C1=C(C)NC(C)C(C(=O)OCC)(c2ccccc2)C1c1nccs1.COc1ccccc1. The molecule has 3 aromatic rings. The Hall–Kier alpha value is -3.65. The van der Waals surface area contributed by atoms with Crippen molar-refractivity contribution in [1.29, 1.82) is 0 Å². The van der Waals surface area contributed by atoms with Crippen LogP contribution in [0, 0.1) is 0 Å². The Morgan fingerprint density at radius 2 is 1.62 bits per heavy atom. The van der Waals surface area contributed by atoms with E-state index in [1.54, 1.807) is 27.2 Å². The van der Waals surface area contributed by atoms with Crippen molar-refractivity contribution in [2.45, 2.75) is 45.1 Å². The Bertz CT molecular complexity index is 1180. The van der Waals surface area contributed by atoms with E-state index in [1.807, 2.05) is 79.9 Å². The van der Waals surface area contributed by atoms with Crippen molar-refractivity contribution < 1.29 is 23.8 Å². The quantitative estimate of drug-likeness (QED) is 0.424. The van der Waals surface area contributed by atoms with Gasteiger partial charge in [-0.1, -0.05) is 48.5 Å². The molecule has 2 aromatic carbocycles. The average molecular weight is 523 g/mol. The maximum atomic E-state index is 13.6. The van der Waals surface area contributed by atoms with Crippen molar-refractivity contribution in [3.8, 4) is 5.75 Å². The number of carbonyl (C=O) groups is 2. The lowest BCUT2D eigenvalue weighted by Gasteiger charge is -2.47. The smallest absolute Gasteiger partial charge is 0.336 e. The van der Waals surface area contributed by atoms with Crippen LogP contribution in [0.4, 0.5) is 0 Å². The highest BCUT2D eigenvalue weighted by Gasteiger charge is 2.59. The van der Waals surface area contributed by atoms with Gasteiger partial charge in [0.05, 0.1) is 31.8 Å². The standard InChI is InChI=1S/C22H26N2O4S.C7H8O/c1-5-27-20(25)17-14(3)24-15(4)22(21(26)28-6-2,16-10-8-7-9-11-16)18(17)19-23-12-13-29-19;1-8-7-5-3-2-4-6-7/h7-13,15,18,24H,5-6H2,1-4H3;2-6H,1H3. The number of thiazole rings is 1. The zero-order valence-corrected chi connectivity index (χ0v) is 22.7. The number of hydrogen-bond donors (Lipinski definition) is 1. The van der Waals surface area contributed by atoms with Gasteiger partial charge >= 0.3 is 11.9 Å². The number of hydrogen-bond acceptors (Lipinski definition) is 8. The molecule has 0 spiro atoms. The monoisotopic (exact) mass is 522 g/mol. The van der Waals surface area contributed by atoms with Crippen LogP contribution < -0.4 is 10.1 Å². The molecule has 0 aliphatic carbocycles. The largest absolute Gasteiger partial charge is 0.497 e. The van der Waals surface area contributed by atoms with Gasteiger partial charge in [0, 0.05) is 23.3 Å². The van der Waals surface area contributed by atoms with E-state index < -0.39 is 17.3 Å². The number of aromatic nitrogens is 1. The van der Waals surface area contributed by atoms with Gasteiger partial charge in [0.1, 0.15) is 16.2 Å². The fourth-order valence-corrected chi connectivity index (χ4v) is 5.56. The number of nitrogens with one attached hydrogen (secondary N) is 1. The highest BCUT2D eigenvalue weighted by atomic mass is 32.1. The van der Waals surface area contributed by atoms with Crippen molar-refractivity contribution in [2.24, 2.45) is 0 Å². The molecule has 0 saturated heterocycles. The van der Waals surface area contributed by atoms with Crippen LogP contribution in [0.3, 0.4) is 0 Å². The first kappa shape index (κ1) is 27.9. The number of benzene rings is 2. The Labute approximate surface area is 222 Å². The predicted molar refractivity (Wildman–Crippen MR) is 145 cm³/mol. The summed E-state index contributed by atoms with van der Waals surface area (Å²) in [4.78, 5) is 31.1. The molecule has 0 bridgehead atoms. The minimum absolute atomic E-state index is 0.238. The van der Waals surface area contributed by atoms with Gasteiger partial charge in [0.15, 0.2) is 0 Å². The molecule has 3 atom stereocenters. The number of allylic oxidation sites excluding steroid dienone is 1. The first-order chi connectivity index (χ1) is 17.9. The highest BCUT2D eigenvalue weighted by Crippen LogP contribution is 2.51. The fourth-order valence-electron chi connectivity index (χ4n) is 4.74. The molecular weight excluding hydrogens is 488 g/mol. The second kappa shape index (κ2) is 13.1. The van der Waals surface area contributed by atoms with Crippen LogP contribution in [0.15, 0.2) is 83.5 Å². The molecule has 4 rings (SSSR count). The molecule has 37 heavy (non-hydrogen) atoms. The number of para-hydroxylation sites is 1. The topological polar surface area (TPSA) is 86.8 Å². The first-order valence-electron chi connectivity index (χ1n) is 12.3. The van der Waals surface area contributed by atoms with Gasteiger partial charge in [-0.05, 0) is 45.4 Å². The third-order valence-corrected chi connectivity index (χ3v) is 7.14. The third kappa shape index (κ3) is 5.85. The average Bonchev–Trinajstić information content (AvgIpc) is 3.44. The van der Waals surface area contributed by atoms with Gasteiger partial charge in [-0.2, -0.15) is 0 Å².